The first-order chi connectivity index (χ1) is 11.0. The van der Waals surface area contributed by atoms with Crippen LogP contribution in [0.1, 0.15) is 21.7 Å². The van der Waals surface area contributed by atoms with Crippen LogP contribution in [0.15, 0.2) is 33.5 Å². The lowest BCUT2D eigenvalue weighted by Gasteiger charge is -2.08. The van der Waals surface area contributed by atoms with Gasteiger partial charge in [0.05, 0.1) is 19.3 Å². The molecule has 8 nitrogen and oxygen atoms in total. The fourth-order valence-electron chi connectivity index (χ4n) is 2.33. The quantitative estimate of drug-likeness (QED) is 0.726. The van der Waals surface area contributed by atoms with E-state index in [4.69, 9.17) is 14.3 Å². The number of benzene rings is 1. The maximum Gasteiger partial charge on any atom is 0.358 e. The minimum Gasteiger partial charge on any atom is -0.497 e. The summed E-state index contributed by atoms with van der Waals surface area (Å²) in [5.74, 6) is -0.526. The Kier molecular flexibility index (Phi) is 3.57. The summed E-state index contributed by atoms with van der Waals surface area (Å²) in [4.78, 5) is 22.8. The molecule has 23 heavy (non-hydrogen) atoms. The van der Waals surface area contributed by atoms with Crippen molar-refractivity contribution in [1.29, 1.82) is 0 Å². The van der Waals surface area contributed by atoms with Crippen molar-refractivity contribution in [3.8, 4) is 5.75 Å². The number of aromatic carboxylic acids is 1. The number of carboxylic acids is 1. The summed E-state index contributed by atoms with van der Waals surface area (Å²) in [6.07, 6.45) is 0. The molecule has 0 spiro atoms. The average Bonchev–Trinajstić information content (AvgIpc) is 2.88. The van der Waals surface area contributed by atoms with Crippen LogP contribution in [0.2, 0.25) is 0 Å². The summed E-state index contributed by atoms with van der Waals surface area (Å²) in [7, 11) is 1.54. The van der Waals surface area contributed by atoms with Gasteiger partial charge in [0.2, 0.25) is 0 Å². The van der Waals surface area contributed by atoms with Crippen LogP contribution in [-0.4, -0.2) is 33.2 Å². The molecule has 0 aliphatic heterocycles. The zero-order chi connectivity index (χ0) is 16.6. The van der Waals surface area contributed by atoms with Crippen molar-refractivity contribution in [3.63, 3.8) is 0 Å². The highest BCUT2D eigenvalue weighted by Crippen LogP contribution is 2.23. The molecule has 0 radical (unpaired) electrons. The maximum atomic E-state index is 11.7. The molecular formula is C15H13N3O5. The smallest absolute Gasteiger partial charge is 0.358 e. The minimum absolute atomic E-state index is 0.116. The number of carbonyl (C=O) groups is 1. The Balaban J connectivity index is 2.12. The molecule has 0 saturated carbocycles. The molecule has 8 heteroatoms. The predicted molar refractivity (Wildman–Crippen MR) is 79.9 cm³/mol. The van der Waals surface area contributed by atoms with Crippen molar-refractivity contribution < 1.29 is 19.1 Å². The third-order valence-corrected chi connectivity index (χ3v) is 3.54. The van der Waals surface area contributed by atoms with Crippen LogP contribution >= 0.6 is 0 Å². The molecule has 0 fully saturated rings. The van der Waals surface area contributed by atoms with Gasteiger partial charge >= 0.3 is 11.6 Å². The zero-order valence-corrected chi connectivity index (χ0v) is 12.4. The number of nitrogens with zero attached hydrogens (tertiary/aromatic N) is 3. The van der Waals surface area contributed by atoms with Crippen molar-refractivity contribution in [2.45, 2.75) is 13.5 Å². The van der Waals surface area contributed by atoms with E-state index in [1.807, 2.05) is 0 Å². The van der Waals surface area contributed by atoms with Crippen molar-refractivity contribution in [2.24, 2.45) is 0 Å². The molecule has 2 heterocycles. The molecule has 3 aromatic rings. The Bertz CT molecular complexity index is 957. The third kappa shape index (κ3) is 2.66. The van der Waals surface area contributed by atoms with Gasteiger partial charge in [-0.1, -0.05) is 5.21 Å². The second-order valence-electron chi connectivity index (χ2n) is 4.94. The number of methoxy groups -OCH3 is 1. The van der Waals surface area contributed by atoms with E-state index in [1.54, 1.807) is 32.2 Å². The number of hydrogen-bond donors (Lipinski definition) is 1. The number of rotatable bonds is 4. The van der Waals surface area contributed by atoms with E-state index in [-0.39, 0.29) is 12.2 Å². The Labute approximate surface area is 129 Å². The number of aromatic nitrogens is 3. The van der Waals surface area contributed by atoms with Gasteiger partial charge in [-0.2, -0.15) is 0 Å². The zero-order valence-electron chi connectivity index (χ0n) is 12.4. The number of ether oxygens (including phenoxy) is 1. The topological polar surface area (TPSA) is 107 Å². The Morgan fingerprint density at radius 3 is 2.83 bits per heavy atom. The standard InChI is InChI=1S/C15H13N3O5/c1-8-14(15(20)21)16-17-18(8)7-9-5-13(19)23-12-4-3-10(22-2)6-11(9)12/h3-6H,7H2,1-2H3,(H,20,21). The van der Waals surface area contributed by atoms with Crippen LogP contribution in [0.3, 0.4) is 0 Å². The van der Waals surface area contributed by atoms with Gasteiger partial charge < -0.3 is 14.3 Å². The van der Waals surface area contributed by atoms with Gasteiger partial charge in [-0.3, -0.25) is 0 Å². The first-order valence-corrected chi connectivity index (χ1v) is 6.73. The van der Waals surface area contributed by atoms with E-state index < -0.39 is 11.6 Å². The summed E-state index contributed by atoms with van der Waals surface area (Å²) in [5.41, 5.74) is 0.857. The molecule has 0 saturated heterocycles. The molecule has 118 valence electrons. The SMILES string of the molecule is COc1ccc2oc(=O)cc(Cn3nnc(C(=O)O)c3C)c2c1. The van der Waals surface area contributed by atoms with E-state index in [1.165, 1.54) is 10.7 Å². The van der Waals surface area contributed by atoms with E-state index in [0.29, 0.717) is 28.0 Å². The number of hydrogen-bond acceptors (Lipinski definition) is 6. The molecule has 0 aliphatic rings. The lowest BCUT2D eigenvalue weighted by molar-refractivity contribution is 0.0689. The van der Waals surface area contributed by atoms with Crippen LogP contribution in [-0.2, 0) is 6.54 Å². The van der Waals surface area contributed by atoms with Gasteiger partial charge in [0.25, 0.3) is 0 Å². The van der Waals surface area contributed by atoms with Crippen LogP contribution < -0.4 is 10.4 Å². The van der Waals surface area contributed by atoms with Crippen LogP contribution in [0, 0.1) is 6.92 Å². The van der Waals surface area contributed by atoms with E-state index >= 15 is 0 Å². The van der Waals surface area contributed by atoms with Crippen LogP contribution in [0.25, 0.3) is 11.0 Å². The molecule has 1 aromatic carbocycles. The van der Waals surface area contributed by atoms with Crippen molar-refractivity contribution in [2.75, 3.05) is 7.11 Å². The highest BCUT2D eigenvalue weighted by Gasteiger charge is 2.16. The molecule has 1 N–H and O–H groups in total. The fraction of sp³-hybridized carbons (Fsp3) is 0.200. The Morgan fingerprint density at radius 1 is 1.39 bits per heavy atom. The second kappa shape index (κ2) is 5.56. The molecule has 0 atom stereocenters. The van der Waals surface area contributed by atoms with E-state index in [9.17, 15) is 9.59 Å². The average molecular weight is 315 g/mol. The Hall–Kier alpha value is -3.16. The Morgan fingerprint density at radius 2 is 2.17 bits per heavy atom. The van der Waals surface area contributed by atoms with Crippen LogP contribution in [0.4, 0.5) is 0 Å². The minimum atomic E-state index is -1.15. The predicted octanol–water partition coefficient (Wildman–Crippen LogP) is 1.45. The van der Waals surface area contributed by atoms with Crippen molar-refractivity contribution >= 4 is 16.9 Å². The monoisotopic (exact) mass is 315 g/mol. The van der Waals surface area contributed by atoms with Crippen molar-refractivity contribution in [3.05, 3.63) is 51.6 Å². The molecule has 3 rings (SSSR count). The van der Waals surface area contributed by atoms with Crippen LogP contribution in [0.5, 0.6) is 5.75 Å². The molecule has 0 aliphatic carbocycles. The highest BCUT2D eigenvalue weighted by atomic mass is 16.5. The second-order valence-corrected chi connectivity index (χ2v) is 4.94. The first kappa shape index (κ1) is 14.8. The van der Waals surface area contributed by atoms with E-state index in [2.05, 4.69) is 10.3 Å². The van der Waals surface area contributed by atoms with Gasteiger partial charge in [0, 0.05) is 11.5 Å². The van der Waals surface area contributed by atoms with Crippen molar-refractivity contribution in [1.82, 2.24) is 15.0 Å². The molecule has 0 unspecified atom stereocenters. The molecule has 0 amide bonds. The molecule has 2 aromatic heterocycles. The van der Waals surface area contributed by atoms with Gasteiger partial charge in [-0.25, -0.2) is 14.3 Å². The fourth-order valence-corrected chi connectivity index (χ4v) is 2.33. The summed E-state index contributed by atoms with van der Waals surface area (Å²) < 4.78 is 11.8. The summed E-state index contributed by atoms with van der Waals surface area (Å²) in [6, 6.07) is 6.44. The van der Waals surface area contributed by atoms with Gasteiger partial charge in [0.1, 0.15) is 11.3 Å². The first-order valence-electron chi connectivity index (χ1n) is 6.73. The molecular weight excluding hydrogens is 302 g/mol. The summed E-state index contributed by atoms with van der Waals surface area (Å²) in [6.45, 7) is 1.80. The molecule has 0 bridgehead atoms. The lowest BCUT2D eigenvalue weighted by atomic mass is 10.1. The van der Waals surface area contributed by atoms with Gasteiger partial charge in [0.15, 0.2) is 5.69 Å². The van der Waals surface area contributed by atoms with Gasteiger partial charge in [-0.15, -0.1) is 5.10 Å². The van der Waals surface area contributed by atoms with Gasteiger partial charge in [-0.05, 0) is 30.7 Å². The normalized spacial score (nSPS) is 10.9. The third-order valence-electron chi connectivity index (χ3n) is 3.54. The maximum absolute atomic E-state index is 11.7. The largest absolute Gasteiger partial charge is 0.497 e. The number of carboxylic acid groups (broad SMARTS) is 1. The summed E-state index contributed by atoms with van der Waals surface area (Å²) >= 11 is 0. The lowest BCUT2D eigenvalue weighted by Crippen LogP contribution is -2.09. The summed E-state index contributed by atoms with van der Waals surface area (Å²) in [5, 5.41) is 17.2. The highest BCUT2D eigenvalue weighted by molar-refractivity contribution is 5.86. The number of fused-ring (bicyclic) bond motifs is 1. The van der Waals surface area contributed by atoms with E-state index in [0.717, 1.165) is 0 Å².